The average Bonchev–Trinajstić information content (AvgIpc) is 2.99. The molecule has 1 aliphatic carbocycles. The summed E-state index contributed by atoms with van der Waals surface area (Å²) in [6, 6.07) is 9.12. The highest BCUT2D eigenvalue weighted by atomic mass is 31.2. The van der Waals surface area contributed by atoms with Gasteiger partial charge in [-0.3, -0.25) is 4.57 Å². The fourth-order valence-corrected chi connectivity index (χ4v) is 5.02. The molecule has 4 heteroatoms. The molecule has 26 heavy (non-hydrogen) atoms. The largest absolute Gasteiger partial charge is 0.344 e. The van der Waals surface area contributed by atoms with E-state index in [1.54, 1.807) is 0 Å². The highest BCUT2D eigenvalue weighted by Crippen LogP contribution is 2.45. The molecule has 3 nitrogen and oxygen atoms in total. The van der Waals surface area contributed by atoms with Gasteiger partial charge in [-0.25, -0.2) is 0 Å². The van der Waals surface area contributed by atoms with Crippen LogP contribution in [0.4, 0.5) is 0 Å². The fourth-order valence-electron chi connectivity index (χ4n) is 4.16. The first-order valence-electron chi connectivity index (χ1n) is 10.5. The SMILES string of the molecule is CCCCCCCCc1ccc(C2CCC(N)(CCP(C)(=O)O)C2)cc1. The normalized spacial score (nSPS) is 25.3. The summed E-state index contributed by atoms with van der Waals surface area (Å²) in [4.78, 5) is 9.54. The van der Waals surface area contributed by atoms with Gasteiger partial charge in [-0.1, -0.05) is 63.3 Å². The molecule has 1 fully saturated rings. The zero-order valence-corrected chi connectivity index (χ0v) is 17.6. The van der Waals surface area contributed by atoms with E-state index in [2.05, 4.69) is 31.2 Å². The third kappa shape index (κ3) is 7.55. The van der Waals surface area contributed by atoms with E-state index >= 15 is 0 Å². The maximum atomic E-state index is 11.6. The van der Waals surface area contributed by atoms with Crippen LogP contribution in [0, 0.1) is 0 Å². The Bertz CT molecular complexity index is 580. The topological polar surface area (TPSA) is 63.3 Å². The summed E-state index contributed by atoms with van der Waals surface area (Å²) in [5, 5.41) is 0. The molecule has 1 aliphatic rings. The zero-order chi connectivity index (χ0) is 19.0. The van der Waals surface area contributed by atoms with Crippen molar-refractivity contribution in [3.63, 3.8) is 0 Å². The van der Waals surface area contributed by atoms with Crippen LogP contribution in [0.5, 0.6) is 0 Å². The Labute approximate surface area is 160 Å². The van der Waals surface area contributed by atoms with E-state index in [4.69, 9.17) is 5.73 Å². The molecule has 148 valence electrons. The van der Waals surface area contributed by atoms with E-state index in [0.717, 1.165) is 19.3 Å². The van der Waals surface area contributed by atoms with Gasteiger partial charge in [-0.05, 0) is 55.6 Å². The van der Waals surface area contributed by atoms with Gasteiger partial charge in [0.1, 0.15) is 0 Å². The maximum absolute atomic E-state index is 11.6. The molecule has 3 N–H and O–H groups in total. The molecule has 0 amide bonds. The van der Waals surface area contributed by atoms with Crippen LogP contribution in [0.2, 0.25) is 0 Å². The maximum Gasteiger partial charge on any atom is 0.197 e. The lowest BCUT2D eigenvalue weighted by atomic mass is 9.90. The molecule has 2 rings (SSSR count). The van der Waals surface area contributed by atoms with Crippen LogP contribution in [-0.4, -0.2) is 23.3 Å². The first kappa shape index (κ1) is 21.7. The highest BCUT2D eigenvalue weighted by Gasteiger charge is 2.37. The van der Waals surface area contributed by atoms with E-state index in [1.807, 2.05) is 0 Å². The minimum atomic E-state index is -2.96. The van der Waals surface area contributed by atoms with Gasteiger partial charge >= 0.3 is 0 Å². The summed E-state index contributed by atoms with van der Waals surface area (Å²) in [7, 11) is -2.96. The van der Waals surface area contributed by atoms with Crippen LogP contribution in [-0.2, 0) is 11.0 Å². The molecule has 0 spiro atoms. The van der Waals surface area contributed by atoms with E-state index in [9.17, 15) is 9.46 Å². The van der Waals surface area contributed by atoms with Crippen molar-refractivity contribution in [2.24, 2.45) is 5.73 Å². The number of hydrogen-bond acceptors (Lipinski definition) is 2. The summed E-state index contributed by atoms with van der Waals surface area (Å²) in [6.45, 7) is 3.70. The van der Waals surface area contributed by atoms with Crippen molar-refractivity contribution in [2.75, 3.05) is 12.8 Å². The van der Waals surface area contributed by atoms with Crippen LogP contribution in [0.1, 0.15) is 88.2 Å². The van der Waals surface area contributed by atoms with Gasteiger partial charge in [0, 0.05) is 18.4 Å². The minimum absolute atomic E-state index is 0.268. The third-order valence-corrected chi connectivity index (χ3v) is 6.99. The molecule has 0 saturated heterocycles. The second-order valence-electron chi connectivity index (χ2n) is 8.59. The van der Waals surface area contributed by atoms with Gasteiger partial charge in [-0.2, -0.15) is 0 Å². The van der Waals surface area contributed by atoms with Crippen LogP contribution >= 0.6 is 7.37 Å². The second kappa shape index (κ2) is 10.1. The molecule has 3 unspecified atom stereocenters. The Morgan fingerprint density at radius 2 is 1.81 bits per heavy atom. The van der Waals surface area contributed by atoms with Gasteiger partial charge in [0.2, 0.25) is 0 Å². The Kier molecular flexibility index (Phi) is 8.39. The summed E-state index contributed by atoms with van der Waals surface area (Å²) < 4.78 is 11.6. The van der Waals surface area contributed by atoms with Crippen molar-refractivity contribution >= 4 is 7.37 Å². The number of unbranched alkanes of at least 4 members (excludes halogenated alkanes) is 5. The van der Waals surface area contributed by atoms with Crippen LogP contribution in [0.15, 0.2) is 24.3 Å². The number of benzene rings is 1. The molecule has 0 bridgehead atoms. The first-order valence-corrected chi connectivity index (χ1v) is 12.8. The van der Waals surface area contributed by atoms with E-state index in [0.29, 0.717) is 18.5 Å². The number of nitrogens with two attached hydrogens (primary N) is 1. The molecular formula is C22H38NO2P. The standard InChI is InChI=1S/C22H38NO2P/c1-3-4-5-6-7-8-9-19-10-12-20(13-11-19)21-14-15-22(23,18-21)16-17-26(2,24)25/h10-13,21H,3-9,14-18,23H2,1-2H3,(H,24,25). The number of hydrogen-bond donors (Lipinski definition) is 2. The molecule has 0 radical (unpaired) electrons. The zero-order valence-electron chi connectivity index (χ0n) is 16.8. The van der Waals surface area contributed by atoms with Crippen LogP contribution < -0.4 is 5.73 Å². The summed E-state index contributed by atoms with van der Waals surface area (Å²) in [5.74, 6) is 0.498. The van der Waals surface area contributed by atoms with Crippen molar-refractivity contribution in [2.45, 2.75) is 89.0 Å². The van der Waals surface area contributed by atoms with Crippen LogP contribution in [0.25, 0.3) is 0 Å². The lowest BCUT2D eigenvalue weighted by Crippen LogP contribution is -2.37. The monoisotopic (exact) mass is 379 g/mol. The van der Waals surface area contributed by atoms with Crippen molar-refractivity contribution in [3.8, 4) is 0 Å². The lowest BCUT2D eigenvalue weighted by Gasteiger charge is -2.25. The molecule has 1 aromatic carbocycles. The van der Waals surface area contributed by atoms with Gasteiger partial charge in [0.25, 0.3) is 0 Å². The summed E-state index contributed by atoms with van der Waals surface area (Å²) in [6.07, 6.45) is 13.2. The summed E-state index contributed by atoms with van der Waals surface area (Å²) in [5.41, 5.74) is 9.06. The van der Waals surface area contributed by atoms with Crippen molar-refractivity contribution in [3.05, 3.63) is 35.4 Å². The molecule has 1 saturated carbocycles. The number of rotatable bonds is 11. The Morgan fingerprint density at radius 1 is 1.15 bits per heavy atom. The lowest BCUT2D eigenvalue weighted by molar-refractivity contribution is 0.407. The molecule has 3 atom stereocenters. The molecule has 0 aliphatic heterocycles. The predicted octanol–water partition coefficient (Wildman–Crippen LogP) is 5.84. The van der Waals surface area contributed by atoms with E-state index in [1.165, 1.54) is 62.7 Å². The molecule has 0 aromatic heterocycles. The van der Waals surface area contributed by atoms with E-state index < -0.39 is 7.37 Å². The molecular weight excluding hydrogens is 341 g/mol. The van der Waals surface area contributed by atoms with Crippen molar-refractivity contribution < 1.29 is 9.46 Å². The molecule has 0 heterocycles. The fraction of sp³-hybridized carbons (Fsp3) is 0.727. The summed E-state index contributed by atoms with van der Waals surface area (Å²) >= 11 is 0. The second-order valence-corrected chi connectivity index (χ2v) is 11.1. The Hall–Kier alpha value is -0.630. The first-order chi connectivity index (χ1) is 12.3. The average molecular weight is 380 g/mol. The number of aryl methyl sites for hydroxylation is 1. The van der Waals surface area contributed by atoms with Crippen LogP contribution in [0.3, 0.4) is 0 Å². The predicted molar refractivity (Wildman–Crippen MR) is 112 cm³/mol. The Morgan fingerprint density at radius 3 is 2.46 bits per heavy atom. The molecule has 1 aromatic rings. The van der Waals surface area contributed by atoms with Gasteiger partial charge in [-0.15, -0.1) is 0 Å². The quantitative estimate of drug-likeness (QED) is 0.375. The smallest absolute Gasteiger partial charge is 0.197 e. The van der Waals surface area contributed by atoms with Crippen molar-refractivity contribution in [1.29, 1.82) is 0 Å². The van der Waals surface area contributed by atoms with E-state index in [-0.39, 0.29) is 5.54 Å². The third-order valence-electron chi connectivity index (χ3n) is 5.94. The van der Waals surface area contributed by atoms with Gasteiger partial charge in [0.15, 0.2) is 7.37 Å². The van der Waals surface area contributed by atoms with Gasteiger partial charge < -0.3 is 10.6 Å². The minimum Gasteiger partial charge on any atom is -0.344 e. The van der Waals surface area contributed by atoms with Gasteiger partial charge in [0.05, 0.1) is 0 Å². The highest BCUT2D eigenvalue weighted by molar-refractivity contribution is 7.57. The van der Waals surface area contributed by atoms with Crippen molar-refractivity contribution in [1.82, 2.24) is 0 Å². The Balaban J connectivity index is 1.77.